The first kappa shape index (κ1) is 41.3. The molecular formula is C49H52GeIrN4O-2. The molecule has 0 saturated heterocycles. The zero-order chi connectivity index (χ0) is 39.0. The standard InChI is InChI=1S/C30H26N3O.C19H26GeN.Ir/c1-30(2,3)18-22-14-15-23-24-17-21(13-16-27(24)34-29(23)31-22)28-32-25-11-7-8-12-26(25)33(28)19-20-9-5-4-6-10-20;1-19(2,3)13-16-12-18(15-10-8-7-9-11-15)21-14-17(16)20(4,5)6;/h4-12,14-17H,18-19H2,1-3H3;7-10,12,14H,13H2,1-6H3;/q2*-1;. The van der Waals surface area contributed by atoms with Crippen molar-refractivity contribution in [3.8, 4) is 22.6 Å². The number of imidazole rings is 1. The Morgan fingerprint density at radius 3 is 2.12 bits per heavy atom. The van der Waals surface area contributed by atoms with Crippen LogP contribution >= 0.6 is 0 Å². The Morgan fingerprint density at radius 2 is 1.43 bits per heavy atom. The molecule has 7 heteroatoms. The summed E-state index contributed by atoms with van der Waals surface area (Å²) in [5.41, 5.74) is 10.9. The maximum atomic E-state index is 6.11. The Morgan fingerprint density at radius 1 is 0.714 bits per heavy atom. The molecule has 0 fully saturated rings. The first-order valence-corrected chi connectivity index (χ1v) is 26.7. The molecule has 0 spiro atoms. The van der Waals surface area contributed by atoms with Crippen LogP contribution in [0.1, 0.15) is 58.4 Å². The molecule has 0 aliphatic rings. The second-order valence-corrected chi connectivity index (χ2v) is 28.7. The van der Waals surface area contributed by atoms with Crippen LogP contribution < -0.4 is 4.40 Å². The largest absolute Gasteiger partial charge is 0.486 e. The van der Waals surface area contributed by atoms with Crippen LogP contribution in [0.2, 0.25) is 17.3 Å². The number of hydrogen-bond donors (Lipinski definition) is 0. The zero-order valence-electron chi connectivity index (χ0n) is 34.1. The molecule has 1 radical (unpaired) electrons. The maximum absolute atomic E-state index is 6.11. The predicted molar refractivity (Wildman–Crippen MR) is 232 cm³/mol. The van der Waals surface area contributed by atoms with Crippen LogP contribution in [0.5, 0.6) is 0 Å². The number of benzene rings is 4. The second-order valence-electron chi connectivity index (χ2n) is 18.1. The summed E-state index contributed by atoms with van der Waals surface area (Å²) < 4.78 is 9.91. The summed E-state index contributed by atoms with van der Waals surface area (Å²) in [5.74, 6) is 8.23. The average molecular weight is 978 g/mol. The van der Waals surface area contributed by atoms with Gasteiger partial charge in [0.25, 0.3) is 0 Å². The molecule has 8 aromatic rings. The summed E-state index contributed by atoms with van der Waals surface area (Å²) >= 11 is -1.90. The number of fused-ring (bicyclic) bond motifs is 4. The van der Waals surface area contributed by atoms with E-state index in [0.717, 1.165) is 75.1 Å². The van der Waals surface area contributed by atoms with Gasteiger partial charge in [-0.05, 0) is 41.7 Å². The Kier molecular flexibility index (Phi) is 12.3. The van der Waals surface area contributed by atoms with Crippen LogP contribution in [0.3, 0.4) is 0 Å². The van der Waals surface area contributed by atoms with Gasteiger partial charge in [0.15, 0.2) is 0 Å². The topological polar surface area (TPSA) is 56.7 Å². The molecule has 0 amide bonds. The van der Waals surface area contributed by atoms with Crippen molar-refractivity contribution >= 4 is 50.8 Å². The molecule has 0 saturated carbocycles. The number of nitrogens with zero attached hydrogens (tertiary/aromatic N) is 4. The monoisotopic (exact) mass is 979 g/mol. The van der Waals surface area contributed by atoms with Gasteiger partial charge in [0.1, 0.15) is 0 Å². The summed E-state index contributed by atoms with van der Waals surface area (Å²) in [7, 11) is 0. The Balaban J connectivity index is 0.000000209. The van der Waals surface area contributed by atoms with E-state index in [2.05, 4.69) is 155 Å². The van der Waals surface area contributed by atoms with Gasteiger partial charge in [-0.3, -0.25) is 4.98 Å². The van der Waals surface area contributed by atoms with Crippen LogP contribution in [0.4, 0.5) is 0 Å². The van der Waals surface area contributed by atoms with E-state index in [1.165, 1.54) is 15.5 Å². The van der Waals surface area contributed by atoms with Crippen LogP contribution in [0.15, 0.2) is 120 Å². The number of pyridine rings is 2. The van der Waals surface area contributed by atoms with Crippen molar-refractivity contribution in [1.82, 2.24) is 19.5 Å². The fourth-order valence-electron chi connectivity index (χ4n) is 7.21. The third kappa shape index (κ3) is 9.77. The van der Waals surface area contributed by atoms with Gasteiger partial charge in [0.05, 0.1) is 22.4 Å². The predicted octanol–water partition coefficient (Wildman–Crippen LogP) is 12.1. The molecule has 5 nitrogen and oxygen atoms in total. The first-order valence-electron chi connectivity index (χ1n) is 19.3. The molecule has 56 heavy (non-hydrogen) atoms. The smallest absolute Gasteiger partial charge is 0.216 e. The second kappa shape index (κ2) is 16.6. The van der Waals surface area contributed by atoms with E-state index < -0.39 is 13.3 Å². The molecular weight excluding hydrogens is 925 g/mol. The fraction of sp³-hybridized carbons (Fsp3) is 0.286. The van der Waals surface area contributed by atoms with Crippen molar-refractivity contribution < 1.29 is 24.5 Å². The van der Waals surface area contributed by atoms with Crippen molar-refractivity contribution in [2.24, 2.45) is 10.8 Å². The quantitative estimate of drug-likeness (QED) is 0.118. The molecule has 4 aromatic heterocycles. The number of furan rings is 1. The summed E-state index contributed by atoms with van der Waals surface area (Å²) in [6.45, 7) is 14.3. The molecule has 0 aliphatic carbocycles. The Bertz CT molecular complexity index is 2570. The Hall–Kier alpha value is -4.36. The molecule has 0 aliphatic heterocycles. The third-order valence-electron chi connectivity index (χ3n) is 9.62. The van der Waals surface area contributed by atoms with Crippen molar-refractivity contribution in [3.63, 3.8) is 0 Å². The molecule has 0 atom stereocenters. The number of rotatable bonds is 7. The van der Waals surface area contributed by atoms with Crippen LogP contribution in [-0.4, -0.2) is 32.8 Å². The minimum atomic E-state index is -1.90. The van der Waals surface area contributed by atoms with Crippen molar-refractivity contribution in [1.29, 1.82) is 0 Å². The van der Waals surface area contributed by atoms with Gasteiger partial charge in [0.2, 0.25) is 5.71 Å². The maximum Gasteiger partial charge on any atom is 0.216 e. The minimum absolute atomic E-state index is 0. The third-order valence-corrected chi connectivity index (χ3v) is 14.0. The van der Waals surface area contributed by atoms with E-state index in [1.807, 2.05) is 36.4 Å². The van der Waals surface area contributed by atoms with E-state index in [9.17, 15) is 0 Å². The Labute approximate surface area is 348 Å². The van der Waals surface area contributed by atoms with Gasteiger partial charge >= 0.3 is 132 Å². The van der Waals surface area contributed by atoms with Gasteiger partial charge in [0, 0.05) is 37.7 Å². The summed E-state index contributed by atoms with van der Waals surface area (Å²) in [6.07, 6.45) is 4.14. The van der Waals surface area contributed by atoms with E-state index >= 15 is 0 Å². The number of aromatic nitrogens is 4. The molecule has 0 unspecified atom stereocenters. The van der Waals surface area contributed by atoms with Crippen LogP contribution in [-0.2, 0) is 39.5 Å². The van der Waals surface area contributed by atoms with Gasteiger partial charge in [-0.2, -0.15) is 0 Å². The average Bonchev–Trinajstić information content (AvgIpc) is 3.68. The SMILES string of the molecule is CC(C)(C)Cc1cc(-c2[c-]cccc2)nc[c]1[Ge]([CH3])([CH3])[CH3].CC(C)(C)Cc1ccc2c(n1)oc1c[c-]c(-c3nc4ccccc4n3Cc3ccccc3)cc12.[Ir]. The van der Waals surface area contributed by atoms with Crippen molar-refractivity contribution in [3.05, 3.63) is 144 Å². The first-order chi connectivity index (χ1) is 26.1. The fourth-order valence-corrected chi connectivity index (χ4v) is 10.5. The van der Waals surface area contributed by atoms with Crippen LogP contribution in [0.25, 0.3) is 55.7 Å². The minimum Gasteiger partial charge on any atom is -0.486 e. The molecule has 0 N–H and O–H groups in total. The zero-order valence-corrected chi connectivity index (χ0v) is 38.6. The molecule has 4 heterocycles. The molecule has 0 bridgehead atoms. The summed E-state index contributed by atoms with van der Waals surface area (Å²) in [6, 6.07) is 44.2. The molecule has 8 rings (SSSR count). The van der Waals surface area contributed by atoms with Gasteiger partial charge in [-0.15, -0.1) is 23.8 Å². The van der Waals surface area contributed by atoms with Crippen molar-refractivity contribution in [2.75, 3.05) is 0 Å². The van der Waals surface area contributed by atoms with Crippen molar-refractivity contribution in [2.45, 2.75) is 78.2 Å². The summed E-state index contributed by atoms with van der Waals surface area (Å²) in [5, 5.41) is 2.06. The van der Waals surface area contributed by atoms with Gasteiger partial charge in [-0.25, -0.2) is 4.98 Å². The molecule has 289 valence electrons. The van der Waals surface area contributed by atoms with E-state index in [0.29, 0.717) is 11.1 Å². The normalized spacial score (nSPS) is 12.1. The van der Waals surface area contributed by atoms with Gasteiger partial charge in [-0.1, -0.05) is 68.6 Å². The van der Waals surface area contributed by atoms with E-state index in [1.54, 1.807) is 0 Å². The van der Waals surface area contributed by atoms with E-state index in [-0.39, 0.29) is 25.5 Å². The number of para-hydroxylation sites is 2. The number of hydrogen-bond acceptors (Lipinski definition) is 4. The van der Waals surface area contributed by atoms with Gasteiger partial charge < -0.3 is 8.98 Å². The van der Waals surface area contributed by atoms with E-state index in [4.69, 9.17) is 19.4 Å². The van der Waals surface area contributed by atoms with Crippen LogP contribution in [0, 0.1) is 23.0 Å². The summed E-state index contributed by atoms with van der Waals surface area (Å²) in [4.78, 5) is 14.5. The molecule has 4 aromatic carbocycles.